The summed E-state index contributed by atoms with van der Waals surface area (Å²) in [6, 6.07) is 8.54. The number of hydrazine groups is 1. The highest BCUT2D eigenvalue weighted by Gasteiger charge is 2.28. The molecule has 0 radical (unpaired) electrons. The highest BCUT2D eigenvalue weighted by atomic mass is 15.6. The maximum Gasteiger partial charge on any atom is 0.247 e. The fraction of sp³-hybridized carbons (Fsp3) is 0.318. The number of imidazole rings is 1. The van der Waals surface area contributed by atoms with Crippen LogP contribution in [0.15, 0.2) is 77.1 Å². The van der Waals surface area contributed by atoms with Crippen molar-refractivity contribution in [1.29, 1.82) is 0 Å². The van der Waals surface area contributed by atoms with Crippen molar-refractivity contribution in [3.05, 3.63) is 78.3 Å². The summed E-state index contributed by atoms with van der Waals surface area (Å²) in [7, 11) is 0. The van der Waals surface area contributed by atoms with Gasteiger partial charge in [-0.3, -0.25) is 5.43 Å². The number of hydrogen-bond donors (Lipinski definition) is 2. The van der Waals surface area contributed by atoms with Crippen LogP contribution in [0.4, 0.5) is 0 Å². The Morgan fingerprint density at radius 3 is 2.66 bits per heavy atom. The minimum Gasteiger partial charge on any atom is -0.337 e. The van der Waals surface area contributed by atoms with Crippen LogP contribution in [0.3, 0.4) is 0 Å². The van der Waals surface area contributed by atoms with E-state index in [4.69, 9.17) is 9.98 Å². The Bertz CT molecular complexity index is 973. The number of guanidine groups is 1. The Morgan fingerprint density at radius 1 is 1.17 bits per heavy atom. The van der Waals surface area contributed by atoms with E-state index in [1.807, 2.05) is 23.6 Å². The summed E-state index contributed by atoms with van der Waals surface area (Å²) in [5, 5.41) is 5.22. The molecule has 0 saturated heterocycles. The minimum absolute atomic E-state index is 0.120. The van der Waals surface area contributed by atoms with E-state index in [0.717, 1.165) is 35.9 Å². The predicted octanol–water partition coefficient (Wildman–Crippen LogP) is 3.15. The molecule has 0 fully saturated rings. The number of benzene rings is 1. The summed E-state index contributed by atoms with van der Waals surface area (Å²) in [5.74, 6) is 2.31. The average molecular weight is 390 g/mol. The van der Waals surface area contributed by atoms with E-state index in [0.29, 0.717) is 12.5 Å². The normalized spacial score (nSPS) is 17.6. The molecule has 0 unspecified atom stereocenters. The molecule has 2 aliphatic rings. The van der Waals surface area contributed by atoms with Gasteiger partial charge in [-0.1, -0.05) is 51.6 Å². The Balaban J connectivity index is 1.55. The standard InChI is InChI=1S/C22H27N7/c1-16-14-19-25-20(17-6-8-18(9-7-17)22(2,3)4)26-21(29(19)27-16)24-10-5-12-28-13-11-23-15-28/h6-9,11,13-15,27H,1,5,10,12H2,2-4H3,(H,24,25,26). The summed E-state index contributed by atoms with van der Waals surface area (Å²) < 4.78 is 2.05. The lowest BCUT2D eigenvalue weighted by Crippen LogP contribution is -2.47. The number of fused-ring (bicyclic) bond motifs is 1. The quantitative estimate of drug-likeness (QED) is 0.771. The minimum atomic E-state index is 0.120. The number of aromatic nitrogens is 2. The zero-order valence-corrected chi connectivity index (χ0v) is 17.2. The molecular formula is C22H27N7. The van der Waals surface area contributed by atoms with E-state index in [1.165, 1.54) is 5.56 Å². The van der Waals surface area contributed by atoms with Crippen molar-refractivity contribution in [2.24, 2.45) is 9.98 Å². The Kier molecular flexibility index (Phi) is 4.96. The van der Waals surface area contributed by atoms with E-state index in [9.17, 15) is 0 Å². The molecule has 1 aromatic carbocycles. The van der Waals surface area contributed by atoms with Crippen LogP contribution < -0.4 is 10.7 Å². The largest absolute Gasteiger partial charge is 0.337 e. The smallest absolute Gasteiger partial charge is 0.247 e. The molecular weight excluding hydrogens is 362 g/mol. The topological polar surface area (TPSA) is 69.8 Å². The molecule has 0 spiro atoms. The van der Waals surface area contributed by atoms with Crippen LogP contribution >= 0.6 is 0 Å². The molecule has 3 heterocycles. The third-order valence-electron chi connectivity index (χ3n) is 4.88. The molecule has 0 amide bonds. The Morgan fingerprint density at radius 2 is 1.97 bits per heavy atom. The summed E-state index contributed by atoms with van der Waals surface area (Å²) in [6.45, 7) is 12.2. The third kappa shape index (κ3) is 4.23. The number of rotatable bonds is 5. The van der Waals surface area contributed by atoms with Crippen LogP contribution in [0.25, 0.3) is 0 Å². The van der Waals surface area contributed by atoms with Gasteiger partial charge in [-0.25, -0.2) is 15.0 Å². The van der Waals surface area contributed by atoms with Crippen LogP contribution in [0.1, 0.15) is 38.3 Å². The van der Waals surface area contributed by atoms with Crippen molar-refractivity contribution < 1.29 is 0 Å². The molecule has 4 rings (SSSR count). The first-order valence-electron chi connectivity index (χ1n) is 9.84. The van der Waals surface area contributed by atoms with E-state index in [2.05, 4.69) is 71.9 Å². The zero-order valence-electron chi connectivity index (χ0n) is 17.2. The molecule has 2 aromatic rings. The molecule has 0 aliphatic carbocycles. The molecule has 7 heteroatoms. The number of aryl methyl sites for hydroxylation is 1. The second-order valence-electron chi connectivity index (χ2n) is 8.25. The lowest BCUT2D eigenvalue weighted by Gasteiger charge is -2.28. The van der Waals surface area contributed by atoms with Gasteiger partial charge in [-0.05, 0) is 17.4 Å². The fourth-order valence-corrected chi connectivity index (χ4v) is 3.24. The number of amidine groups is 1. The van der Waals surface area contributed by atoms with Gasteiger partial charge in [0.25, 0.3) is 0 Å². The highest BCUT2D eigenvalue weighted by molar-refractivity contribution is 6.09. The van der Waals surface area contributed by atoms with Gasteiger partial charge in [0.15, 0.2) is 0 Å². The second-order valence-corrected chi connectivity index (χ2v) is 8.25. The fourth-order valence-electron chi connectivity index (χ4n) is 3.24. The number of aliphatic imine (C=N–C) groups is 2. The summed E-state index contributed by atoms with van der Waals surface area (Å²) in [6.07, 6.45) is 8.44. The number of nitrogens with one attached hydrogen (secondary N) is 2. The highest BCUT2D eigenvalue weighted by Crippen LogP contribution is 2.23. The molecule has 150 valence electrons. The molecule has 0 bridgehead atoms. The maximum absolute atomic E-state index is 4.77. The van der Waals surface area contributed by atoms with Crippen LogP contribution in [0, 0.1) is 0 Å². The molecule has 29 heavy (non-hydrogen) atoms. The number of nitrogens with zero attached hydrogens (tertiary/aromatic N) is 5. The van der Waals surface area contributed by atoms with Gasteiger partial charge in [0, 0.05) is 37.1 Å². The lowest BCUT2D eigenvalue weighted by atomic mass is 9.86. The van der Waals surface area contributed by atoms with Crippen LogP contribution in [-0.2, 0) is 12.0 Å². The number of hydrogen-bond acceptors (Lipinski definition) is 4. The van der Waals surface area contributed by atoms with Crippen molar-refractivity contribution in [1.82, 2.24) is 25.3 Å². The van der Waals surface area contributed by atoms with Gasteiger partial charge in [0.05, 0.1) is 12.0 Å². The van der Waals surface area contributed by atoms with Gasteiger partial charge < -0.3 is 9.88 Å². The number of allylic oxidation sites excluding steroid dienone is 1. The van der Waals surface area contributed by atoms with Crippen LogP contribution in [-0.4, -0.2) is 32.9 Å². The first-order chi connectivity index (χ1) is 13.9. The first kappa shape index (κ1) is 19.0. The first-order valence-corrected chi connectivity index (χ1v) is 9.84. The average Bonchev–Trinajstić information content (AvgIpc) is 3.33. The monoisotopic (exact) mass is 389 g/mol. The van der Waals surface area contributed by atoms with Gasteiger partial charge >= 0.3 is 0 Å². The van der Waals surface area contributed by atoms with Gasteiger partial charge in [-0.2, -0.15) is 4.99 Å². The van der Waals surface area contributed by atoms with Gasteiger partial charge in [0.2, 0.25) is 5.96 Å². The van der Waals surface area contributed by atoms with Crippen molar-refractivity contribution in [3.63, 3.8) is 0 Å². The summed E-state index contributed by atoms with van der Waals surface area (Å²) in [4.78, 5) is 13.6. The van der Waals surface area contributed by atoms with Crippen LogP contribution in [0.2, 0.25) is 0 Å². The molecule has 0 saturated carbocycles. The van der Waals surface area contributed by atoms with Crippen LogP contribution in [0.5, 0.6) is 0 Å². The van der Waals surface area contributed by atoms with Gasteiger partial charge in [-0.15, -0.1) is 0 Å². The van der Waals surface area contributed by atoms with Crippen molar-refractivity contribution >= 4 is 11.8 Å². The Labute approximate surface area is 171 Å². The molecule has 1 aromatic heterocycles. The lowest BCUT2D eigenvalue weighted by molar-refractivity contribution is 0.427. The van der Waals surface area contributed by atoms with E-state index < -0.39 is 0 Å². The maximum atomic E-state index is 4.77. The van der Waals surface area contributed by atoms with Crippen molar-refractivity contribution in [2.45, 2.75) is 39.2 Å². The van der Waals surface area contributed by atoms with E-state index >= 15 is 0 Å². The molecule has 2 aliphatic heterocycles. The molecule has 7 nitrogen and oxygen atoms in total. The van der Waals surface area contributed by atoms with Crippen molar-refractivity contribution in [3.8, 4) is 0 Å². The summed E-state index contributed by atoms with van der Waals surface area (Å²) in [5.41, 5.74) is 6.44. The SMILES string of the molecule is C=C1C=C2NC(c3ccc(C(C)(C)C)cc3)=NC(=NCCCn3ccnc3)N2N1. The molecule has 2 N–H and O–H groups in total. The molecule has 0 atom stereocenters. The second kappa shape index (κ2) is 7.58. The van der Waals surface area contributed by atoms with E-state index in [1.54, 1.807) is 6.20 Å². The van der Waals surface area contributed by atoms with Crippen molar-refractivity contribution in [2.75, 3.05) is 6.54 Å². The summed E-state index contributed by atoms with van der Waals surface area (Å²) >= 11 is 0. The van der Waals surface area contributed by atoms with Gasteiger partial charge in [0.1, 0.15) is 11.7 Å². The Hall–Kier alpha value is -3.35. The van der Waals surface area contributed by atoms with E-state index in [-0.39, 0.29) is 5.41 Å². The predicted molar refractivity (Wildman–Crippen MR) is 116 cm³/mol. The zero-order chi connectivity index (χ0) is 20.4. The third-order valence-corrected chi connectivity index (χ3v) is 4.88.